The second-order valence-electron chi connectivity index (χ2n) is 13.5. The highest BCUT2D eigenvalue weighted by atomic mass is 35.5. The van der Waals surface area contributed by atoms with Gasteiger partial charge >= 0.3 is 0 Å². The van der Waals surface area contributed by atoms with Crippen LogP contribution in [-0.2, 0) is 40.8 Å². The third kappa shape index (κ3) is 6.27. The van der Waals surface area contributed by atoms with Gasteiger partial charge in [-0.2, -0.15) is 19.0 Å². The fraction of sp³-hybridized carbons (Fsp3) is 0.286. The molecule has 20 heteroatoms. The van der Waals surface area contributed by atoms with Gasteiger partial charge in [0.15, 0.2) is 5.82 Å². The molecule has 2 aliphatic carbocycles. The van der Waals surface area contributed by atoms with Crippen LogP contribution in [0.15, 0.2) is 59.4 Å². The lowest BCUT2D eigenvalue weighted by Crippen LogP contribution is -2.38. The molecule has 1 amide bonds. The van der Waals surface area contributed by atoms with Crippen molar-refractivity contribution in [3.05, 3.63) is 110 Å². The van der Waals surface area contributed by atoms with Crippen LogP contribution >= 0.6 is 11.6 Å². The molecule has 0 saturated heterocycles. The van der Waals surface area contributed by atoms with Gasteiger partial charge < -0.3 is 5.32 Å². The largest absolute Gasteiger partial charge is 0.344 e. The molecule has 286 valence electrons. The molecule has 2 N–H and O–H groups in total. The Hall–Kier alpha value is -5.43. The summed E-state index contributed by atoms with van der Waals surface area (Å²) >= 11 is 6.55. The van der Waals surface area contributed by atoms with Crippen LogP contribution in [-0.4, -0.2) is 49.7 Å². The average Bonchev–Trinajstić information content (AvgIpc) is 3.63. The summed E-state index contributed by atoms with van der Waals surface area (Å²) in [5.41, 5.74) is -2.27. The normalized spacial score (nSPS) is 17.8. The van der Waals surface area contributed by atoms with Gasteiger partial charge in [0.2, 0.25) is 15.9 Å². The quantitative estimate of drug-likeness (QED) is 0.161. The average molecular weight is 805 g/mol. The van der Waals surface area contributed by atoms with Crippen molar-refractivity contribution in [3.8, 4) is 5.69 Å². The van der Waals surface area contributed by atoms with Gasteiger partial charge in [0.25, 0.3) is 17.9 Å². The third-order valence-corrected chi connectivity index (χ3v) is 10.6. The number of amides is 1. The van der Waals surface area contributed by atoms with Gasteiger partial charge in [0.05, 0.1) is 44.8 Å². The number of nitrogens with one attached hydrogen (secondary N) is 2. The minimum absolute atomic E-state index is 0.00941. The topological polar surface area (TPSA) is 146 Å². The van der Waals surface area contributed by atoms with Crippen molar-refractivity contribution in [1.82, 2.24) is 34.4 Å². The molecule has 3 atom stereocenters. The maximum absolute atomic E-state index is 15.4. The van der Waals surface area contributed by atoms with E-state index in [0.29, 0.717) is 10.7 Å². The van der Waals surface area contributed by atoms with Crippen molar-refractivity contribution in [2.75, 3.05) is 11.0 Å². The van der Waals surface area contributed by atoms with E-state index in [1.54, 1.807) is 12.1 Å². The lowest BCUT2D eigenvalue weighted by atomic mass is 10.0. The minimum atomic E-state index is -3.87. The summed E-state index contributed by atoms with van der Waals surface area (Å²) in [5, 5.41) is 10.8. The molecular weight excluding hydrogens is 778 g/mol. The summed E-state index contributed by atoms with van der Waals surface area (Å²) in [5.74, 6) is -8.85. The van der Waals surface area contributed by atoms with Crippen LogP contribution < -0.4 is 15.6 Å². The van der Waals surface area contributed by atoms with Crippen LogP contribution in [0.25, 0.3) is 27.5 Å². The van der Waals surface area contributed by atoms with E-state index >= 15 is 8.78 Å². The Bertz CT molecular complexity index is 2750. The number of hydrogen-bond acceptors (Lipinski definition) is 7. The van der Waals surface area contributed by atoms with Crippen LogP contribution in [0, 0.1) is 17.6 Å². The van der Waals surface area contributed by atoms with Gasteiger partial charge in [-0.3, -0.25) is 28.2 Å². The maximum atomic E-state index is 15.4. The number of benzene rings is 3. The van der Waals surface area contributed by atoms with Crippen LogP contribution in [0.2, 0.25) is 5.02 Å². The predicted molar refractivity (Wildman–Crippen MR) is 188 cm³/mol. The number of alkyl halides is 4. The smallest absolute Gasteiger partial charge is 0.293 e. The Kier molecular flexibility index (Phi) is 8.52. The molecule has 0 aliphatic heterocycles. The first-order chi connectivity index (χ1) is 25.9. The van der Waals surface area contributed by atoms with Crippen LogP contribution in [0.1, 0.15) is 53.1 Å². The molecule has 55 heavy (non-hydrogen) atoms. The summed E-state index contributed by atoms with van der Waals surface area (Å²) in [4.78, 5) is 33.1. The molecule has 1 fully saturated rings. The Morgan fingerprint density at radius 1 is 1.07 bits per heavy atom. The second kappa shape index (κ2) is 12.8. The number of carbonyl (C=O) groups is 1. The molecule has 3 heterocycles. The monoisotopic (exact) mass is 804 g/mol. The van der Waals surface area contributed by atoms with Crippen molar-refractivity contribution < 1.29 is 39.6 Å². The first-order valence-corrected chi connectivity index (χ1v) is 18.9. The highest BCUT2D eigenvalue weighted by Crippen LogP contribution is 2.68. The van der Waals surface area contributed by atoms with E-state index in [4.69, 9.17) is 16.6 Å². The molecule has 0 spiro atoms. The number of carbonyl (C=O) groups excluding carboxylic acids is 1. The molecule has 0 bridgehead atoms. The fourth-order valence-corrected chi connectivity index (χ4v) is 8.26. The number of para-hydroxylation sites is 1. The molecule has 0 radical (unpaired) electrons. The number of sulfonamides is 1. The van der Waals surface area contributed by atoms with Crippen molar-refractivity contribution in [3.63, 3.8) is 0 Å². The number of anilines is 1. The molecule has 1 saturated carbocycles. The third-order valence-electron chi connectivity index (χ3n) is 9.71. The Morgan fingerprint density at radius 3 is 2.47 bits per heavy atom. The second-order valence-corrected chi connectivity index (χ2v) is 15.7. The SMILES string of the molecule is Cn1nc(NS(C)(=O)=O)c2c(Cl)ccc(-n3c(C(Cc4cc(F)cc(F)c4)NC(=O)Cn4nc(C(F)F)c5c4C(F)(F)[C@@H]4C[C@H]54)nc4ccccc4c3=O)c21. The summed E-state index contributed by atoms with van der Waals surface area (Å²) in [6.45, 7) is -0.955. The molecule has 2 aliphatic rings. The summed E-state index contributed by atoms with van der Waals surface area (Å²) in [7, 11) is -2.42. The van der Waals surface area contributed by atoms with Gasteiger partial charge in [-0.15, -0.1) is 0 Å². The van der Waals surface area contributed by atoms with E-state index in [1.807, 2.05) is 0 Å². The lowest BCUT2D eigenvalue weighted by molar-refractivity contribution is -0.123. The van der Waals surface area contributed by atoms with Gasteiger partial charge in [-0.1, -0.05) is 23.7 Å². The molecule has 6 aromatic rings. The number of hydrogen-bond donors (Lipinski definition) is 2. The molecule has 8 rings (SSSR count). The van der Waals surface area contributed by atoms with Gasteiger partial charge in [-0.25, -0.2) is 31.0 Å². The van der Waals surface area contributed by atoms with Crippen LogP contribution in [0.5, 0.6) is 0 Å². The van der Waals surface area contributed by atoms with Gasteiger partial charge in [-0.05, 0) is 54.3 Å². The van der Waals surface area contributed by atoms with E-state index in [1.165, 1.54) is 36.0 Å². The zero-order valence-electron chi connectivity index (χ0n) is 28.5. The molecule has 12 nitrogen and oxygen atoms in total. The predicted octanol–water partition coefficient (Wildman–Crippen LogP) is 6.02. The van der Waals surface area contributed by atoms with E-state index in [0.717, 1.165) is 23.0 Å². The lowest BCUT2D eigenvalue weighted by Gasteiger charge is -2.24. The van der Waals surface area contributed by atoms with Crippen LogP contribution in [0.4, 0.5) is 32.2 Å². The van der Waals surface area contributed by atoms with Crippen molar-refractivity contribution in [2.24, 2.45) is 13.0 Å². The van der Waals surface area contributed by atoms with Gasteiger partial charge in [0, 0.05) is 31.0 Å². The molecule has 3 aromatic carbocycles. The Labute approximate surface area is 311 Å². The van der Waals surface area contributed by atoms with Gasteiger partial charge in [0.1, 0.15) is 35.4 Å². The highest BCUT2D eigenvalue weighted by molar-refractivity contribution is 7.92. The van der Waals surface area contributed by atoms with E-state index in [2.05, 4.69) is 20.2 Å². The maximum Gasteiger partial charge on any atom is 0.293 e. The summed E-state index contributed by atoms with van der Waals surface area (Å²) in [6, 6.07) is 10.1. The summed E-state index contributed by atoms with van der Waals surface area (Å²) < 4.78 is 117. The molecule has 1 unspecified atom stereocenters. The Balaban J connectivity index is 1.31. The standard InChI is InChI=1S/C35H27ClF6N8O4S/c1-48-29-24(8-7-21(36)27(29)32(46-48)47-55(2,53)54)50-33(44-22-6-4-3-5-18(22)34(50)52)23(11-15-9-16(37)12-17(38)10-15)43-25(51)14-49-30-26(28(45-49)31(39)40)19-13-20(19)35(30,41)42/h3-10,12,19-20,23,31H,11,13-14H2,1-2H3,(H,43,51)(H,46,47)/t19-,20+,23?/m0/s1. The van der Waals surface area contributed by atoms with Crippen LogP contribution in [0.3, 0.4) is 0 Å². The Morgan fingerprint density at radius 2 is 1.78 bits per heavy atom. The van der Waals surface area contributed by atoms with Crippen molar-refractivity contribution >= 4 is 55.2 Å². The van der Waals surface area contributed by atoms with Crippen molar-refractivity contribution in [2.45, 2.75) is 43.7 Å². The number of rotatable bonds is 10. The van der Waals surface area contributed by atoms with Crippen molar-refractivity contribution in [1.29, 1.82) is 0 Å². The first kappa shape index (κ1) is 36.5. The number of aryl methyl sites for hydroxylation is 1. The summed E-state index contributed by atoms with van der Waals surface area (Å²) in [6.07, 6.45) is -2.69. The molecular formula is C35H27ClF6N8O4S. The molecule has 3 aromatic heterocycles. The minimum Gasteiger partial charge on any atom is -0.344 e. The highest BCUT2D eigenvalue weighted by Gasteiger charge is 2.67. The first-order valence-electron chi connectivity index (χ1n) is 16.6. The number of fused-ring (bicyclic) bond motifs is 5. The zero-order valence-corrected chi connectivity index (χ0v) is 30.1. The van der Waals surface area contributed by atoms with E-state index < -0.39 is 87.7 Å². The zero-order chi connectivity index (χ0) is 39.3. The number of halogens is 7. The fourth-order valence-electron chi connectivity index (χ4n) is 7.53. The van der Waals surface area contributed by atoms with E-state index in [9.17, 15) is 35.6 Å². The number of aromatic nitrogens is 6. The number of nitrogens with zero attached hydrogens (tertiary/aromatic N) is 6. The van der Waals surface area contributed by atoms with E-state index in [-0.39, 0.29) is 61.7 Å².